The number of benzene rings is 1. The Labute approximate surface area is 117 Å². The van der Waals surface area contributed by atoms with Crippen LogP contribution >= 0.6 is 0 Å². The number of halogens is 1. The molecule has 0 aliphatic rings. The molecule has 0 fully saturated rings. The van der Waals surface area contributed by atoms with Crippen molar-refractivity contribution in [1.29, 1.82) is 0 Å². The van der Waals surface area contributed by atoms with Crippen molar-refractivity contribution in [2.24, 2.45) is 5.41 Å². The summed E-state index contributed by atoms with van der Waals surface area (Å²) in [7, 11) is 0. The van der Waals surface area contributed by atoms with E-state index >= 15 is 0 Å². The Kier molecular flexibility index (Phi) is 5.99. The Morgan fingerprint density at radius 2 is 1.68 bits per heavy atom. The molecule has 0 spiro atoms. The molecule has 0 heterocycles. The quantitative estimate of drug-likeness (QED) is 0.756. The molecule has 1 nitrogen and oxygen atoms in total. The molecule has 2 heteroatoms. The molecule has 2 unspecified atom stereocenters. The molecule has 0 saturated heterocycles. The fourth-order valence-corrected chi connectivity index (χ4v) is 2.49. The van der Waals surface area contributed by atoms with Gasteiger partial charge in [-0.15, -0.1) is 0 Å². The Hall–Kier alpha value is -0.890. The highest BCUT2D eigenvalue weighted by Crippen LogP contribution is 2.33. The van der Waals surface area contributed by atoms with Crippen LogP contribution in [0.4, 0.5) is 4.39 Å². The van der Waals surface area contributed by atoms with E-state index < -0.39 is 0 Å². The van der Waals surface area contributed by atoms with Crippen molar-refractivity contribution in [3.05, 3.63) is 35.6 Å². The van der Waals surface area contributed by atoms with Crippen molar-refractivity contribution >= 4 is 0 Å². The number of hydrogen-bond acceptors (Lipinski definition) is 1. The van der Waals surface area contributed by atoms with Crippen molar-refractivity contribution in [3.63, 3.8) is 0 Å². The molecule has 1 N–H and O–H groups in total. The summed E-state index contributed by atoms with van der Waals surface area (Å²) in [5.41, 5.74) is 1.28. The highest BCUT2D eigenvalue weighted by atomic mass is 19.1. The van der Waals surface area contributed by atoms with E-state index in [4.69, 9.17) is 0 Å². The first-order valence-electron chi connectivity index (χ1n) is 7.40. The summed E-state index contributed by atoms with van der Waals surface area (Å²) in [6.45, 7) is 11.1. The molecule has 1 aromatic rings. The van der Waals surface area contributed by atoms with Crippen LogP contribution in [0.1, 0.15) is 65.5 Å². The molecule has 0 amide bonds. The van der Waals surface area contributed by atoms with Gasteiger partial charge in [-0.25, -0.2) is 4.39 Å². The fraction of sp³-hybridized carbons (Fsp3) is 0.647. The Bertz CT molecular complexity index is 364. The van der Waals surface area contributed by atoms with E-state index in [9.17, 15) is 4.39 Å². The molecule has 0 aromatic heterocycles. The standard InChI is InChI=1S/C17H28FN/c1-6-8-15(7-2)19-16(17(3,4)5)13-9-11-14(18)12-10-13/h9-12,15-16,19H,6-8H2,1-5H3. The summed E-state index contributed by atoms with van der Waals surface area (Å²) in [4.78, 5) is 0. The lowest BCUT2D eigenvalue weighted by Gasteiger charge is -2.35. The average Bonchev–Trinajstić information content (AvgIpc) is 2.34. The van der Waals surface area contributed by atoms with Gasteiger partial charge in [-0.2, -0.15) is 0 Å². The van der Waals surface area contributed by atoms with Crippen LogP contribution in [0.15, 0.2) is 24.3 Å². The van der Waals surface area contributed by atoms with E-state index in [1.165, 1.54) is 18.4 Å². The lowest BCUT2D eigenvalue weighted by Crippen LogP contribution is -2.39. The van der Waals surface area contributed by atoms with Crippen molar-refractivity contribution in [2.45, 2.75) is 66.0 Å². The zero-order valence-electron chi connectivity index (χ0n) is 13.0. The predicted molar refractivity (Wildman–Crippen MR) is 80.7 cm³/mol. The van der Waals surface area contributed by atoms with Crippen LogP contribution in [-0.4, -0.2) is 6.04 Å². The van der Waals surface area contributed by atoms with Gasteiger partial charge in [-0.1, -0.05) is 53.2 Å². The van der Waals surface area contributed by atoms with Gasteiger partial charge in [0.2, 0.25) is 0 Å². The molecule has 1 rings (SSSR count). The SMILES string of the molecule is CCCC(CC)NC(c1ccc(F)cc1)C(C)(C)C. The summed E-state index contributed by atoms with van der Waals surface area (Å²) < 4.78 is 13.1. The average molecular weight is 265 g/mol. The Morgan fingerprint density at radius 1 is 1.11 bits per heavy atom. The summed E-state index contributed by atoms with van der Waals surface area (Å²) in [6, 6.07) is 7.69. The fourth-order valence-electron chi connectivity index (χ4n) is 2.49. The maximum absolute atomic E-state index is 13.1. The van der Waals surface area contributed by atoms with Crippen molar-refractivity contribution < 1.29 is 4.39 Å². The summed E-state index contributed by atoms with van der Waals surface area (Å²) in [5, 5.41) is 3.76. The lowest BCUT2D eigenvalue weighted by molar-refractivity contribution is 0.240. The van der Waals surface area contributed by atoms with Gasteiger partial charge in [0.15, 0.2) is 0 Å². The predicted octanol–water partition coefficient (Wildman–Crippen LogP) is 5.08. The van der Waals surface area contributed by atoms with Gasteiger partial charge in [-0.05, 0) is 36.0 Å². The van der Waals surface area contributed by atoms with Gasteiger partial charge in [-0.3, -0.25) is 0 Å². The van der Waals surface area contributed by atoms with Crippen molar-refractivity contribution in [3.8, 4) is 0 Å². The third-order valence-corrected chi connectivity index (χ3v) is 3.60. The number of hydrogen-bond donors (Lipinski definition) is 1. The molecule has 19 heavy (non-hydrogen) atoms. The third kappa shape index (κ3) is 4.94. The van der Waals surface area contributed by atoms with Crippen LogP contribution in [0.5, 0.6) is 0 Å². The van der Waals surface area contributed by atoms with Crippen LogP contribution in [0, 0.1) is 11.2 Å². The van der Waals surface area contributed by atoms with Crippen LogP contribution < -0.4 is 5.32 Å². The first kappa shape index (κ1) is 16.2. The van der Waals surface area contributed by atoms with Gasteiger partial charge in [0.1, 0.15) is 5.82 Å². The highest BCUT2D eigenvalue weighted by molar-refractivity contribution is 5.21. The van der Waals surface area contributed by atoms with Crippen LogP contribution in [0.2, 0.25) is 0 Å². The van der Waals surface area contributed by atoms with E-state index in [0.29, 0.717) is 6.04 Å². The first-order chi connectivity index (χ1) is 8.88. The maximum Gasteiger partial charge on any atom is 0.123 e. The minimum absolute atomic E-state index is 0.110. The van der Waals surface area contributed by atoms with Gasteiger partial charge in [0, 0.05) is 12.1 Å². The number of nitrogens with one attached hydrogen (secondary N) is 1. The Balaban J connectivity index is 2.92. The van der Waals surface area contributed by atoms with Gasteiger partial charge in [0.25, 0.3) is 0 Å². The minimum Gasteiger partial charge on any atom is -0.307 e. The second-order valence-electron chi connectivity index (χ2n) is 6.41. The maximum atomic E-state index is 13.1. The topological polar surface area (TPSA) is 12.0 Å². The van der Waals surface area contributed by atoms with E-state index in [1.807, 2.05) is 12.1 Å². The van der Waals surface area contributed by atoms with Gasteiger partial charge >= 0.3 is 0 Å². The zero-order chi connectivity index (χ0) is 14.5. The molecule has 0 aliphatic carbocycles. The molecule has 2 atom stereocenters. The molecule has 0 saturated carbocycles. The van der Waals surface area contributed by atoms with Crippen molar-refractivity contribution in [2.75, 3.05) is 0 Å². The summed E-state index contributed by atoms with van der Waals surface area (Å²) >= 11 is 0. The second kappa shape index (κ2) is 7.04. The normalized spacial score (nSPS) is 15.3. The number of rotatable bonds is 6. The minimum atomic E-state index is -0.169. The zero-order valence-corrected chi connectivity index (χ0v) is 13.0. The smallest absolute Gasteiger partial charge is 0.123 e. The first-order valence-corrected chi connectivity index (χ1v) is 7.40. The lowest BCUT2D eigenvalue weighted by atomic mass is 9.81. The molecule has 0 bridgehead atoms. The Morgan fingerprint density at radius 3 is 2.11 bits per heavy atom. The largest absolute Gasteiger partial charge is 0.307 e. The third-order valence-electron chi connectivity index (χ3n) is 3.60. The highest BCUT2D eigenvalue weighted by Gasteiger charge is 2.27. The second-order valence-corrected chi connectivity index (χ2v) is 6.41. The van der Waals surface area contributed by atoms with E-state index in [1.54, 1.807) is 12.1 Å². The monoisotopic (exact) mass is 265 g/mol. The molecule has 0 aliphatic heterocycles. The van der Waals surface area contributed by atoms with E-state index in [0.717, 1.165) is 6.42 Å². The van der Waals surface area contributed by atoms with Gasteiger partial charge in [0.05, 0.1) is 0 Å². The molecular weight excluding hydrogens is 237 g/mol. The van der Waals surface area contributed by atoms with Crippen molar-refractivity contribution in [1.82, 2.24) is 5.32 Å². The van der Waals surface area contributed by atoms with Crippen LogP contribution in [0.25, 0.3) is 0 Å². The van der Waals surface area contributed by atoms with Crippen LogP contribution in [-0.2, 0) is 0 Å². The van der Waals surface area contributed by atoms with E-state index in [2.05, 4.69) is 39.9 Å². The molecule has 0 radical (unpaired) electrons. The molecule has 108 valence electrons. The van der Waals surface area contributed by atoms with Crippen LogP contribution in [0.3, 0.4) is 0 Å². The summed E-state index contributed by atoms with van der Waals surface area (Å²) in [6.07, 6.45) is 3.50. The molecular formula is C17H28FN. The molecule has 1 aromatic carbocycles. The van der Waals surface area contributed by atoms with Gasteiger partial charge < -0.3 is 5.32 Å². The summed E-state index contributed by atoms with van der Waals surface area (Å²) in [5.74, 6) is -0.169. The van der Waals surface area contributed by atoms with E-state index in [-0.39, 0.29) is 17.3 Å².